The van der Waals surface area contributed by atoms with E-state index in [1.807, 2.05) is 20.8 Å². The highest BCUT2D eigenvalue weighted by atomic mass is 16.6. The Morgan fingerprint density at radius 3 is 2.33 bits per heavy atom. The van der Waals surface area contributed by atoms with Gasteiger partial charge in [0.05, 0.1) is 12.6 Å². The fourth-order valence-corrected chi connectivity index (χ4v) is 2.46. The molecule has 0 spiro atoms. The van der Waals surface area contributed by atoms with Gasteiger partial charge in [0.25, 0.3) is 0 Å². The van der Waals surface area contributed by atoms with Crippen LogP contribution >= 0.6 is 0 Å². The molecule has 1 fully saturated rings. The summed E-state index contributed by atoms with van der Waals surface area (Å²) in [6, 6.07) is -0.174. The predicted octanol–water partition coefficient (Wildman–Crippen LogP) is 2.70. The Balaban J connectivity index is 2.44. The Hall–Kier alpha value is -0.770. The zero-order valence-corrected chi connectivity index (χ0v) is 12.0. The van der Waals surface area contributed by atoms with Gasteiger partial charge in [-0.15, -0.1) is 0 Å². The topological polar surface area (TPSA) is 58.6 Å². The molecule has 1 amide bonds. The lowest BCUT2D eigenvalue weighted by Crippen LogP contribution is -2.46. The molecule has 0 aromatic heterocycles. The van der Waals surface area contributed by atoms with Gasteiger partial charge < -0.3 is 15.2 Å². The van der Waals surface area contributed by atoms with E-state index < -0.39 is 11.7 Å². The van der Waals surface area contributed by atoms with E-state index in [0.717, 1.165) is 18.8 Å². The number of carbonyl (C=O) groups is 1. The molecule has 2 N–H and O–H groups in total. The molecule has 1 saturated carbocycles. The first kappa shape index (κ1) is 15.3. The van der Waals surface area contributed by atoms with Gasteiger partial charge in [0, 0.05) is 0 Å². The maximum Gasteiger partial charge on any atom is 0.407 e. The van der Waals surface area contributed by atoms with Crippen molar-refractivity contribution in [1.82, 2.24) is 5.32 Å². The van der Waals surface area contributed by atoms with Gasteiger partial charge in [0.15, 0.2) is 0 Å². The summed E-state index contributed by atoms with van der Waals surface area (Å²) in [6.07, 6.45) is 4.07. The Morgan fingerprint density at radius 2 is 1.89 bits per heavy atom. The summed E-state index contributed by atoms with van der Waals surface area (Å²) < 4.78 is 5.22. The van der Waals surface area contributed by atoms with Crippen molar-refractivity contribution in [3.05, 3.63) is 0 Å². The molecular formula is C14H27NO3. The Labute approximate surface area is 110 Å². The first-order valence-corrected chi connectivity index (χ1v) is 6.92. The van der Waals surface area contributed by atoms with Crippen molar-refractivity contribution >= 4 is 6.09 Å². The fourth-order valence-electron chi connectivity index (χ4n) is 2.46. The second-order valence-electron chi connectivity index (χ2n) is 6.46. The first-order valence-electron chi connectivity index (χ1n) is 6.92. The van der Waals surface area contributed by atoms with Gasteiger partial charge in [0.2, 0.25) is 0 Å². The van der Waals surface area contributed by atoms with Crippen LogP contribution in [-0.4, -0.2) is 29.4 Å². The van der Waals surface area contributed by atoms with Crippen molar-refractivity contribution in [2.75, 3.05) is 6.61 Å². The lowest BCUT2D eigenvalue weighted by Gasteiger charge is -2.32. The zero-order chi connectivity index (χ0) is 13.8. The Kier molecular flexibility index (Phi) is 5.45. The molecule has 1 aliphatic carbocycles. The van der Waals surface area contributed by atoms with Crippen LogP contribution in [0.25, 0.3) is 0 Å². The Bertz CT molecular complexity index is 265. The Morgan fingerprint density at radius 1 is 1.33 bits per heavy atom. The summed E-state index contributed by atoms with van der Waals surface area (Å²) in [5.41, 5.74) is -0.495. The van der Waals surface area contributed by atoms with Crippen molar-refractivity contribution in [3.63, 3.8) is 0 Å². The largest absolute Gasteiger partial charge is 0.444 e. The van der Waals surface area contributed by atoms with Crippen LogP contribution in [0.5, 0.6) is 0 Å². The average molecular weight is 257 g/mol. The molecule has 1 rings (SSSR count). The van der Waals surface area contributed by atoms with E-state index in [2.05, 4.69) is 12.2 Å². The smallest absolute Gasteiger partial charge is 0.407 e. The van der Waals surface area contributed by atoms with E-state index in [4.69, 9.17) is 4.74 Å². The van der Waals surface area contributed by atoms with Gasteiger partial charge >= 0.3 is 6.09 Å². The molecule has 1 atom stereocenters. The molecular weight excluding hydrogens is 230 g/mol. The van der Waals surface area contributed by atoms with E-state index >= 15 is 0 Å². The van der Waals surface area contributed by atoms with E-state index in [1.165, 1.54) is 12.8 Å². The molecule has 0 heterocycles. The van der Waals surface area contributed by atoms with Gasteiger partial charge in [-0.25, -0.2) is 4.79 Å². The van der Waals surface area contributed by atoms with Crippen LogP contribution in [0.4, 0.5) is 4.79 Å². The standard InChI is InChI=1S/C14H27NO3/c1-10-5-7-11(8-6-10)12(9-16)15-13(17)18-14(2,3)4/h10-12,16H,5-9H2,1-4H3,(H,15,17)/t10-,11+,12?. The normalized spacial score (nSPS) is 26.5. The highest BCUT2D eigenvalue weighted by Gasteiger charge is 2.28. The third-order valence-corrected chi connectivity index (χ3v) is 3.53. The monoisotopic (exact) mass is 257 g/mol. The zero-order valence-electron chi connectivity index (χ0n) is 12.0. The summed E-state index contributed by atoms with van der Waals surface area (Å²) in [6.45, 7) is 7.75. The molecule has 18 heavy (non-hydrogen) atoms. The summed E-state index contributed by atoms with van der Waals surface area (Å²) in [5, 5.41) is 12.2. The molecule has 106 valence electrons. The fraction of sp³-hybridized carbons (Fsp3) is 0.929. The number of nitrogens with one attached hydrogen (secondary N) is 1. The lowest BCUT2D eigenvalue weighted by atomic mass is 9.79. The molecule has 4 nitrogen and oxygen atoms in total. The van der Waals surface area contributed by atoms with Crippen LogP contribution in [-0.2, 0) is 4.74 Å². The molecule has 4 heteroatoms. The minimum atomic E-state index is -0.495. The lowest BCUT2D eigenvalue weighted by molar-refractivity contribution is 0.0434. The molecule has 1 aliphatic rings. The van der Waals surface area contributed by atoms with Crippen molar-refractivity contribution in [2.24, 2.45) is 11.8 Å². The van der Waals surface area contributed by atoms with Crippen LogP contribution in [0.3, 0.4) is 0 Å². The quantitative estimate of drug-likeness (QED) is 0.817. The van der Waals surface area contributed by atoms with Gasteiger partial charge in [-0.05, 0) is 45.4 Å². The van der Waals surface area contributed by atoms with Crippen molar-refractivity contribution in [2.45, 2.75) is 65.0 Å². The third kappa shape index (κ3) is 5.25. The summed E-state index contributed by atoms with van der Waals surface area (Å²) in [4.78, 5) is 11.7. The number of rotatable bonds is 3. The number of carbonyl (C=O) groups excluding carboxylic acids is 1. The third-order valence-electron chi connectivity index (χ3n) is 3.53. The van der Waals surface area contributed by atoms with Crippen molar-refractivity contribution < 1.29 is 14.6 Å². The van der Waals surface area contributed by atoms with E-state index in [1.54, 1.807) is 0 Å². The van der Waals surface area contributed by atoms with Crippen molar-refractivity contribution in [1.29, 1.82) is 0 Å². The molecule has 0 radical (unpaired) electrons. The van der Waals surface area contributed by atoms with E-state index in [0.29, 0.717) is 5.92 Å². The summed E-state index contributed by atoms with van der Waals surface area (Å²) >= 11 is 0. The second-order valence-corrected chi connectivity index (χ2v) is 6.46. The van der Waals surface area contributed by atoms with Crippen LogP contribution in [0.15, 0.2) is 0 Å². The van der Waals surface area contributed by atoms with Crippen LogP contribution < -0.4 is 5.32 Å². The van der Waals surface area contributed by atoms with E-state index in [9.17, 15) is 9.90 Å². The number of aliphatic hydroxyl groups excluding tert-OH is 1. The highest BCUT2D eigenvalue weighted by Crippen LogP contribution is 2.30. The SMILES string of the molecule is CC(C)(C)OC(=O)NC(CO)[C@H]1CC[C@@H](C)CC1. The molecule has 0 aliphatic heterocycles. The van der Waals surface area contributed by atoms with Gasteiger partial charge in [-0.1, -0.05) is 19.8 Å². The number of hydrogen-bond acceptors (Lipinski definition) is 3. The highest BCUT2D eigenvalue weighted by molar-refractivity contribution is 5.68. The summed E-state index contributed by atoms with van der Waals surface area (Å²) in [7, 11) is 0. The van der Waals surface area contributed by atoms with Crippen LogP contribution in [0.2, 0.25) is 0 Å². The minimum absolute atomic E-state index is 0.0156. The minimum Gasteiger partial charge on any atom is -0.444 e. The summed E-state index contributed by atoms with van der Waals surface area (Å²) in [5.74, 6) is 1.14. The van der Waals surface area contributed by atoms with Crippen LogP contribution in [0, 0.1) is 11.8 Å². The predicted molar refractivity (Wildman–Crippen MR) is 71.4 cm³/mol. The maximum absolute atomic E-state index is 11.7. The van der Waals surface area contributed by atoms with Gasteiger partial charge in [0.1, 0.15) is 5.60 Å². The molecule has 0 aromatic carbocycles. The molecule has 0 aromatic rings. The molecule has 1 unspecified atom stereocenters. The van der Waals surface area contributed by atoms with Gasteiger partial charge in [-0.2, -0.15) is 0 Å². The van der Waals surface area contributed by atoms with Crippen molar-refractivity contribution in [3.8, 4) is 0 Å². The number of amides is 1. The van der Waals surface area contributed by atoms with Gasteiger partial charge in [-0.3, -0.25) is 0 Å². The maximum atomic E-state index is 11.7. The van der Waals surface area contributed by atoms with Crippen LogP contribution in [0.1, 0.15) is 53.4 Å². The number of alkyl carbamates (subject to hydrolysis) is 1. The number of ether oxygens (including phenoxy) is 1. The van der Waals surface area contributed by atoms with E-state index in [-0.39, 0.29) is 12.6 Å². The first-order chi connectivity index (χ1) is 8.31. The second kappa shape index (κ2) is 6.41. The number of aliphatic hydroxyl groups is 1. The number of hydrogen-bond donors (Lipinski definition) is 2. The molecule has 0 bridgehead atoms. The molecule has 0 saturated heterocycles. The average Bonchev–Trinajstić information content (AvgIpc) is 2.25.